The first-order valence-electron chi connectivity index (χ1n) is 7.92. The standard InChI is InChI=1S/C17H20N4O3/c1-24-12-4-9-18-15(22)7-11-21-16-13(5-2-8-19-16)20-10-3-6-14(20)17(21)23/h2-3,5-6,8,10H,4,7,9,11-12H2,1H3,(H,18,22). The summed E-state index contributed by atoms with van der Waals surface area (Å²) in [5.74, 6) is -0.0858. The second-order valence-electron chi connectivity index (χ2n) is 5.51. The van der Waals surface area contributed by atoms with Gasteiger partial charge in [0, 0.05) is 45.6 Å². The van der Waals surface area contributed by atoms with Crippen LogP contribution in [-0.2, 0) is 16.1 Å². The van der Waals surface area contributed by atoms with Crippen molar-refractivity contribution in [3.05, 3.63) is 47.0 Å². The van der Waals surface area contributed by atoms with Crippen LogP contribution in [0.2, 0.25) is 0 Å². The highest BCUT2D eigenvalue weighted by Gasteiger charge is 2.12. The number of nitrogens with zero attached hydrogens (tertiary/aromatic N) is 3. The molecule has 0 spiro atoms. The van der Waals surface area contributed by atoms with Gasteiger partial charge in [-0.1, -0.05) is 0 Å². The Kier molecular flexibility index (Phi) is 4.90. The van der Waals surface area contributed by atoms with E-state index in [2.05, 4.69) is 10.3 Å². The molecule has 0 saturated heterocycles. The Bertz CT molecular complexity index is 913. The fraction of sp³-hybridized carbons (Fsp3) is 0.353. The molecule has 0 fully saturated rings. The summed E-state index contributed by atoms with van der Waals surface area (Å²) in [5, 5.41) is 2.83. The fourth-order valence-corrected chi connectivity index (χ4v) is 2.74. The zero-order chi connectivity index (χ0) is 16.9. The maximum atomic E-state index is 12.7. The molecular weight excluding hydrogens is 308 g/mol. The van der Waals surface area contributed by atoms with E-state index in [-0.39, 0.29) is 17.9 Å². The van der Waals surface area contributed by atoms with Crippen molar-refractivity contribution in [2.75, 3.05) is 20.3 Å². The van der Waals surface area contributed by atoms with E-state index < -0.39 is 0 Å². The maximum Gasteiger partial charge on any atom is 0.276 e. The number of ether oxygens (including phenoxy) is 1. The van der Waals surface area contributed by atoms with Gasteiger partial charge in [-0.15, -0.1) is 0 Å². The van der Waals surface area contributed by atoms with Crippen LogP contribution in [0, 0.1) is 0 Å². The Morgan fingerprint density at radius 2 is 2.12 bits per heavy atom. The van der Waals surface area contributed by atoms with Crippen LogP contribution in [0.3, 0.4) is 0 Å². The summed E-state index contributed by atoms with van der Waals surface area (Å²) in [6, 6.07) is 7.35. The molecular formula is C17H20N4O3. The number of methoxy groups -OCH3 is 1. The molecule has 0 unspecified atom stereocenters. The molecule has 0 aliphatic rings. The van der Waals surface area contributed by atoms with Crippen molar-refractivity contribution in [2.45, 2.75) is 19.4 Å². The lowest BCUT2D eigenvalue weighted by Gasteiger charge is -2.11. The Balaban J connectivity index is 1.82. The summed E-state index contributed by atoms with van der Waals surface area (Å²) in [6.07, 6.45) is 4.49. The fourth-order valence-electron chi connectivity index (χ4n) is 2.74. The van der Waals surface area contributed by atoms with E-state index in [1.807, 2.05) is 28.8 Å². The first kappa shape index (κ1) is 16.2. The lowest BCUT2D eigenvalue weighted by molar-refractivity contribution is -0.121. The molecule has 3 aromatic rings. The second kappa shape index (κ2) is 7.27. The van der Waals surface area contributed by atoms with E-state index >= 15 is 0 Å². The molecule has 7 heteroatoms. The van der Waals surface area contributed by atoms with Gasteiger partial charge < -0.3 is 14.5 Å². The van der Waals surface area contributed by atoms with Crippen molar-refractivity contribution in [2.24, 2.45) is 0 Å². The van der Waals surface area contributed by atoms with E-state index in [9.17, 15) is 9.59 Å². The average Bonchev–Trinajstić information content (AvgIpc) is 3.09. The summed E-state index contributed by atoms with van der Waals surface area (Å²) in [6.45, 7) is 1.47. The summed E-state index contributed by atoms with van der Waals surface area (Å²) in [7, 11) is 1.63. The number of rotatable bonds is 7. The molecule has 7 nitrogen and oxygen atoms in total. The summed E-state index contributed by atoms with van der Waals surface area (Å²) in [5.41, 5.74) is 1.87. The number of aryl methyl sites for hydroxylation is 1. The topological polar surface area (TPSA) is 77.6 Å². The highest BCUT2D eigenvalue weighted by atomic mass is 16.5. The largest absolute Gasteiger partial charge is 0.385 e. The minimum absolute atomic E-state index is 0.0858. The van der Waals surface area contributed by atoms with Gasteiger partial charge in [0.15, 0.2) is 5.65 Å². The molecule has 0 atom stereocenters. The molecule has 3 aromatic heterocycles. The minimum atomic E-state index is -0.140. The van der Waals surface area contributed by atoms with Gasteiger partial charge in [0.25, 0.3) is 5.56 Å². The Hall–Kier alpha value is -2.67. The van der Waals surface area contributed by atoms with Gasteiger partial charge in [-0.05, 0) is 30.7 Å². The van der Waals surface area contributed by atoms with Gasteiger partial charge in [0.1, 0.15) is 5.52 Å². The molecule has 3 rings (SSSR count). The molecule has 0 aliphatic heterocycles. The third-order valence-electron chi connectivity index (χ3n) is 3.90. The number of aromatic nitrogens is 3. The van der Waals surface area contributed by atoms with Crippen molar-refractivity contribution < 1.29 is 9.53 Å². The summed E-state index contributed by atoms with van der Waals surface area (Å²) >= 11 is 0. The van der Waals surface area contributed by atoms with Crippen molar-refractivity contribution in [3.8, 4) is 0 Å². The Morgan fingerprint density at radius 3 is 2.96 bits per heavy atom. The van der Waals surface area contributed by atoms with Crippen LogP contribution in [0.15, 0.2) is 41.5 Å². The van der Waals surface area contributed by atoms with Gasteiger partial charge in [-0.25, -0.2) is 4.98 Å². The Morgan fingerprint density at radius 1 is 1.29 bits per heavy atom. The summed E-state index contributed by atoms with van der Waals surface area (Å²) < 4.78 is 8.34. The van der Waals surface area contributed by atoms with Crippen LogP contribution in [0.1, 0.15) is 12.8 Å². The molecule has 0 aliphatic carbocycles. The summed E-state index contributed by atoms with van der Waals surface area (Å²) in [4.78, 5) is 28.9. The van der Waals surface area contributed by atoms with E-state index in [0.717, 1.165) is 11.9 Å². The van der Waals surface area contributed by atoms with Crippen molar-refractivity contribution >= 4 is 22.6 Å². The molecule has 1 amide bonds. The number of hydrogen-bond donors (Lipinski definition) is 1. The van der Waals surface area contributed by atoms with Crippen LogP contribution in [0.25, 0.3) is 16.7 Å². The van der Waals surface area contributed by atoms with Gasteiger partial charge in [-0.2, -0.15) is 0 Å². The molecule has 126 valence electrons. The quantitative estimate of drug-likeness (QED) is 0.661. The maximum absolute atomic E-state index is 12.7. The van der Waals surface area contributed by atoms with Crippen LogP contribution in [0.5, 0.6) is 0 Å². The average molecular weight is 328 g/mol. The smallest absolute Gasteiger partial charge is 0.276 e. The molecule has 24 heavy (non-hydrogen) atoms. The van der Waals surface area contributed by atoms with Gasteiger partial charge in [-0.3, -0.25) is 14.2 Å². The zero-order valence-electron chi connectivity index (χ0n) is 13.6. The van der Waals surface area contributed by atoms with Crippen molar-refractivity contribution in [1.82, 2.24) is 19.3 Å². The van der Waals surface area contributed by atoms with Crippen molar-refractivity contribution in [3.63, 3.8) is 0 Å². The van der Waals surface area contributed by atoms with E-state index in [4.69, 9.17) is 4.74 Å². The van der Waals surface area contributed by atoms with E-state index in [0.29, 0.717) is 30.9 Å². The van der Waals surface area contributed by atoms with Gasteiger partial charge in [0.05, 0.1) is 5.52 Å². The highest BCUT2D eigenvalue weighted by Crippen LogP contribution is 2.13. The third-order valence-corrected chi connectivity index (χ3v) is 3.90. The zero-order valence-corrected chi connectivity index (χ0v) is 13.6. The molecule has 0 aromatic carbocycles. The van der Waals surface area contributed by atoms with E-state index in [1.54, 1.807) is 23.9 Å². The number of pyridine rings is 1. The first-order valence-corrected chi connectivity index (χ1v) is 7.92. The minimum Gasteiger partial charge on any atom is -0.385 e. The SMILES string of the molecule is COCCCNC(=O)CCn1c(=O)c2cccn2c2cccnc21. The number of carbonyl (C=O) groups is 1. The highest BCUT2D eigenvalue weighted by molar-refractivity contribution is 5.77. The first-order chi connectivity index (χ1) is 11.7. The lowest BCUT2D eigenvalue weighted by atomic mass is 10.3. The number of fused-ring (bicyclic) bond motifs is 3. The monoisotopic (exact) mass is 328 g/mol. The molecule has 0 radical (unpaired) electrons. The van der Waals surface area contributed by atoms with Gasteiger partial charge in [0.2, 0.25) is 5.91 Å². The second-order valence-corrected chi connectivity index (χ2v) is 5.51. The number of nitrogens with one attached hydrogen (secondary N) is 1. The number of amides is 1. The predicted octanol–water partition coefficient (Wildman–Crippen LogP) is 1.19. The molecule has 3 heterocycles. The molecule has 0 bridgehead atoms. The molecule has 0 saturated carbocycles. The van der Waals surface area contributed by atoms with Crippen LogP contribution in [-0.4, -0.2) is 40.1 Å². The normalized spacial score (nSPS) is 11.2. The lowest BCUT2D eigenvalue weighted by Crippen LogP contribution is -2.29. The van der Waals surface area contributed by atoms with Crippen molar-refractivity contribution in [1.29, 1.82) is 0 Å². The molecule has 1 N–H and O–H groups in total. The Labute approximate surface area is 138 Å². The van der Waals surface area contributed by atoms with Crippen LogP contribution in [0.4, 0.5) is 0 Å². The van der Waals surface area contributed by atoms with Crippen LogP contribution < -0.4 is 10.9 Å². The third kappa shape index (κ3) is 3.16. The number of hydrogen-bond acceptors (Lipinski definition) is 4. The van der Waals surface area contributed by atoms with Gasteiger partial charge >= 0.3 is 0 Å². The number of carbonyl (C=O) groups excluding carboxylic acids is 1. The van der Waals surface area contributed by atoms with E-state index in [1.165, 1.54) is 0 Å². The predicted molar refractivity (Wildman–Crippen MR) is 91.1 cm³/mol. The van der Waals surface area contributed by atoms with Crippen LogP contribution >= 0.6 is 0 Å².